The van der Waals surface area contributed by atoms with Crippen molar-refractivity contribution in [2.45, 2.75) is 23.7 Å². The van der Waals surface area contributed by atoms with Crippen LogP contribution in [-0.2, 0) is 6.54 Å². The third-order valence-corrected chi connectivity index (χ3v) is 6.92. The lowest BCUT2D eigenvalue weighted by atomic mass is 10.1. The molecule has 1 aromatic carbocycles. The second-order valence-corrected chi connectivity index (χ2v) is 8.86. The SMILES string of the molecule is O=C(NCc1ccc(OCC(F)(F)F)nc1)c1ccc(C2SCCCS2)cc1. The summed E-state index contributed by atoms with van der Waals surface area (Å²) in [6.45, 7) is -1.16. The summed E-state index contributed by atoms with van der Waals surface area (Å²) in [6, 6.07) is 10.5. The number of amides is 1. The Morgan fingerprint density at radius 1 is 1.14 bits per heavy atom. The zero-order valence-electron chi connectivity index (χ0n) is 14.9. The van der Waals surface area contributed by atoms with Gasteiger partial charge in [0.25, 0.3) is 5.91 Å². The van der Waals surface area contributed by atoms with Gasteiger partial charge in [0.05, 0.1) is 4.58 Å². The highest BCUT2D eigenvalue weighted by Gasteiger charge is 2.28. The molecule has 28 heavy (non-hydrogen) atoms. The highest BCUT2D eigenvalue weighted by Crippen LogP contribution is 2.43. The molecule has 150 valence electrons. The number of benzene rings is 1. The van der Waals surface area contributed by atoms with Crippen LogP contribution >= 0.6 is 23.5 Å². The van der Waals surface area contributed by atoms with Crippen molar-refractivity contribution in [1.29, 1.82) is 0 Å². The van der Waals surface area contributed by atoms with Gasteiger partial charge in [0.2, 0.25) is 5.88 Å². The van der Waals surface area contributed by atoms with Crippen molar-refractivity contribution in [3.63, 3.8) is 0 Å². The number of carbonyl (C=O) groups excluding carboxylic acids is 1. The van der Waals surface area contributed by atoms with Crippen LogP contribution in [0.4, 0.5) is 13.2 Å². The van der Waals surface area contributed by atoms with Gasteiger partial charge in [-0.1, -0.05) is 18.2 Å². The summed E-state index contributed by atoms with van der Waals surface area (Å²) < 4.78 is 41.3. The average molecular weight is 429 g/mol. The molecule has 1 aliphatic rings. The molecule has 0 atom stereocenters. The van der Waals surface area contributed by atoms with Crippen LogP contribution in [0.5, 0.6) is 5.88 Å². The molecule has 1 amide bonds. The van der Waals surface area contributed by atoms with Gasteiger partial charge >= 0.3 is 6.18 Å². The number of hydrogen-bond acceptors (Lipinski definition) is 5. The minimum Gasteiger partial charge on any atom is -0.468 e. The van der Waals surface area contributed by atoms with E-state index in [1.807, 2.05) is 47.8 Å². The fourth-order valence-electron chi connectivity index (χ4n) is 2.51. The molecule has 1 saturated heterocycles. The first-order valence-corrected chi connectivity index (χ1v) is 10.8. The first kappa shape index (κ1) is 20.9. The molecule has 0 saturated carbocycles. The van der Waals surface area contributed by atoms with E-state index in [1.165, 1.54) is 24.2 Å². The molecule has 0 radical (unpaired) electrons. The fourth-order valence-corrected chi connectivity index (χ4v) is 5.41. The second-order valence-electron chi connectivity index (χ2n) is 6.14. The molecule has 9 heteroatoms. The van der Waals surface area contributed by atoms with Gasteiger partial charge in [0.1, 0.15) is 0 Å². The monoisotopic (exact) mass is 428 g/mol. The molecule has 1 fully saturated rings. The Bertz CT molecular complexity index is 777. The van der Waals surface area contributed by atoms with Crippen molar-refractivity contribution < 1.29 is 22.7 Å². The van der Waals surface area contributed by atoms with Crippen LogP contribution in [0.2, 0.25) is 0 Å². The Balaban J connectivity index is 1.49. The highest BCUT2D eigenvalue weighted by molar-refractivity contribution is 8.16. The molecular weight excluding hydrogens is 409 g/mol. The maximum absolute atomic E-state index is 12.3. The van der Waals surface area contributed by atoms with Crippen molar-refractivity contribution in [3.8, 4) is 5.88 Å². The minimum absolute atomic E-state index is 0.110. The van der Waals surface area contributed by atoms with Crippen molar-refractivity contribution in [2.75, 3.05) is 18.1 Å². The van der Waals surface area contributed by atoms with E-state index in [9.17, 15) is 18.0 Å². The zero-order valence-corrected chi connectivity index (χ0v) is 16.5. The number of hydrogen-bond donors (Lipinski definition) is 1. The van der Waals surface area contributed by atoms with Gasteiger partial charge in [-0.05, 0) is 41.2 Å². The number of nitrogens with one attached hydrogen (secondary N) is 1. The molecule has 0 aliphatic carbocycles. The number of rotatable bonds is 6. The van der Waals surface area contributed by atoms with E-state index in [1.54, 1.807) is 6.07 Å². The van der Waals surface area contributed by atoms with Crippen LogP contribution in [0.3, 0.4) is 0 Å². The molecule has 2 aromatic rings. The number of thioether (sulfide) groups is 2. The summed E-state index contributed by atoms with van der Waals surface area (Å²) in [4.78, 5) is 16.1. The maximum atomic E-state index is 12.3. The quantitative estimate of drug-likeness (QED) is 0.715. The van der Waals surface area contributed by atoms with E-state index in [4.69, 9.17) is 0 Å². The van der Waals surface area contributed by atoms with E-state index in [-0.39, 0.29) is 18.3 Å². The first-order valence-electron chi connectivity index (χ1n) is 8.66. The van der Waals surface area contributed by atoms with E-state index in [0.29, 0.717) is 15.7 Å². The van der Waals surface area contributed by atoms with Crippen LogP contribution in [0.15, 0.2) is 42.6 Å². The molecule has 0 unspecified atom stereocenters. The average Bonchev–Trinajstić information content (AvgIpc) is 2.71. The summed E-state index contributed by atoms with van der Waals surface area (Å²) in [5.74, 6) is 2.00. The lowest BCUT2D eigenvalue weighted by molar-refractivity contribution is -0.154. The Labute approximate surface area is 169 Å². The standard InChI is InChI=1S/C19H19F3N2O2S2/c20-19(21,22)12-26-16-7-2-13(10-23-16)11-24-17(25)14-3-5-15(6-4-14)18-27-8-1-9-28-18/h2-7,10,18H,1,8-9,11-12H2,(H,24,25). The highest BCUT2D eigenvalue weighted by atomic mass is 32.2. The third kappa shape index (κ3) is 6.34. The maximum Gasteiger partial charge on any atom is 0.422 e. The zero-order chi connectivity index (χ0) is 20.0. The number of pyridine rings is 1. The number of nitrogens with zero attached hydrogens (tertiary/aromatic N) is 1. The number of aromatic nitrogens is 1. The van der Waals surface area contributed by atoms with Gasteiger partial charge in [-0.15, -0.1) is 23.5 Å². The largest absolute Gasteiger partial charge is 0.468 e. The molecule has 0 spiro atoms. The third-order valence-electron chi connectivity index (χ3n) is 3.91. The number of alkyl halides is 3. The molecule has 1 aliphatic heterocycles. The summed E-state index contributed by atoms with van der Waals surface area (Å²) in [5, 5.41) is 2.78. The fraction of sp³-hybridized carbons (Fsp3) is 0.368. The van der Waals surface area contributed by atoms with Gasteiger partial charge < -0.3 is 10.1 Å². The van der Waals surface area contributed by atoms with E-state index >= 15 is 0 Å². The normalized spacial score (nSPS) is 15.2. The molecule has 2 heterocycles. The van der Waals surface area contributed by atoms with Crippen molar-refractivity contribution >= 4 is 29.4 Å². The molecule has 0 bridgehead atoms. The summed E-state index contributed by atoms with van der Waals surface area (Å²) in [5.41, 5.74) is 2.44. The van der Waals surface area contributed by atoms with Crippen LogP contribution in [-0.4, -0.2) is 35.2 Å². The summed E-state index contributed by atoms with van der Waals surface area (Å²) >= 11 is 3.85. The van der Waals surface area contributed by atoms with Gasteiger partial charge in [-0.2, -0.15) is 13.2 Å². The number of carbonyl (C=O) groups is 1. The van der Waals surface area contributed by atoms with Crippen LogP contribution in [0.1, 0.15) is 32.5 Å². The first-order chi connectivity index (χ1) is 13.4. The topological polar surface area (TPSA) is 51.2 Å². The Morgan fingerprint density at radius 3 is 2.46 bits per heavy atom. The Hall–Kier alpha value is -1.87. The van der Waals surface area contributed by atoms with Gasteiger partial charge in [0.15, 0.2) is 6.61 Å². The van der Waals surface area contributed by atoms with E-state index < -0.39 is 12.8 Å². The molecule has 4 nitrogen and oxygen atoms in total. The Morgan fingerprint density at radius 2 is 1.86 bits per heavy atom. The number of halogens is 3. The van der Waals surface area contributed by atoms with E-state index in [0.717, 1.165) is 11.5 Å². The molecular formula is C19H19F3N2O2S2. The van der Waals surface area contributed by atoms with Crippen molar-refractivity contribution in [3.05, 3.63) is 59.3 Å². The number of ether oxygens (including phenoxy) is 1. The van der Waals surface area contributed by atoms with Gasteiger partial charge in [-0.25, -0.2) is 4.98 Å². The lowest BCUT2D eigenvalue weighted by Gasteiger charge is -2.21. The van der Waals surface area contributed by atoms with Crippen molar-refractivity contribution in [2.24, 2.45) is 0 Å². The van der Waals surface area contributed by atoms with Crippen LogP contribution in [0, 0.1) is 0 Å². The van der Waals surface area contributed by atoms with Crippen LogP contribution < -0.4 is 10.1 Å². The predicted molar refractivity (Wildman–Crippen MR) is 106 cm³/mol. The van der Waals surface area contributed by atoms with E-state index in [2.05, 4.69) is 15.0 Å². The Kier molecular flexibility index (Phi) is 7.12. The van der Waals surface area contributed by atoms with Gasteiger partial charge in [-0.3, -0.25) is 4.79 Å². The van der Waals surface area contributed by atoms with Crippen LogP contribution in [0.25, 0.3) is 0 Å². The second kappa shape index (κ2) is 9.56. The lowest BCUT2D eigenvalue weighted by Crippen LogP contribution is -2.23. The smallest absolute Gasteiger partial charge is 0.422 e. The summed E-state index contributed by atoms with van der Waals surface area (Å²) in [6.07, 6.45) is -1.79. The molecule has 1 aromatic heterocycles. The minimum atomic E-state index is -4.40. The summed E-state index contributed by atoms with van der Waals surface area (Å²) in [7, 11) is 0. The van der Waals surface area contributed by atoms with Crippen molar-refractivity contribution in [1.82, 2.24) is 10.3 Å². The molecule has 1 N–H and O–H groups in total. The predicted octanol–water partition coefficient (Wildman–Crippen LogP) is 4.82. The van der Waals surface area contributed by atoms with Gasteiger partial charge in [0, 0.05) is 24.4 Å². The molecule has 3 rings (SSSR count).